The molecule has 4 rings (SSSR count). The van der Waals surface area contributed by atoms with Crippen LogP contribution in [0, 0.1) is 6.92 Å². The summed E-state index contributed by atoms with van der Waals surface area (Å²) in [4.78, 5) is 31.9. The van der Waals surface area contributed by atoms with Crippen molar-refractivity contribution >= 4 is 39.6 Å². The van der Waals surface area contributed by atoms with Crippen molar-refractivity contribution in [2.45, 2.75) is 39.5 Å². The Morgan fingerprint density at radius 1 is 1.14 bits per heavy atom. The molecule has 1 aromatic carbocycles. The van der Waals surface area contributed by atoms with Gasteiger partial charge in [0, 0.05) is 10.4 Å². The molecular weight excluding hydrogens is 404 g/mol. The molecule has 1 amide bonds. The first kappa shape index (κ1) is 19.8. The molecule has 0 radical (unpaired) electrons. The first-order valence-corrected chi connectivity index (χ1v) is 11.4. The monoisotopic (exact) mass is 426 g/mol. The van der Waals surface area contributed by atoms with Gasteiger partial charge in [-0.15, -0.1) is 22.7 Å². The molecule has 0 unspecified atom stereocenters. The summed E-state index contributed by atoms with van der Waals surface area (Å²) in [5, 5.41) is 4.38. The minimum Gasteiger partial charge on any atom is -0.462 e. The number of esters is 1. The lowest BCUT2D eigenvalue weighted by Crippen LogP contribution is -2.15. The minimum atomic E-state index is -0.354. The van der Waals surface area contributed by atoms with Gasteiger partial charge in [0.1, 0.15) is 14.9 Å². The Morgan fingerprint density at radius 2 is 1.90 bits per heavy atom. The van der Waals surface area contributed by atoms with Gasteiger partial charge in [0.2, 0.25) is 0 Å². The number of thiazole rings is 1. The Balaban J connectivity index is 1.65. The van der Waals surface area contributed by atoms with Gasteiger partial charge in [-0.25, -0.2) is 9.78 Å². The normalized spacial score (nSPS) is 13.0. The van der Waals surface area contributed by atoms with Crippen molar-refractivity contribution in [2.24, 2.45) is 0 Å². The van der Waals surface area contributed by atoms with E-state index in [-0.39, 0.29) is 11.9 Å². The third kappa shape index (κ3) is 3.97. The average molecular weight is 427 g/mol. The topological polar surface area (TPSA) is 68.3 Å². The fourth-order valence-corrected chi connectivity index (χ4v) is 5.78. The number of thiophene rings is 1. The Morgan fingerprint density at radius 3 is 2.66 bits per heavy atom. The Hall–Kier alpha value is -2.51. The molecule has 0 bridgehead atoms. The van der Waals surface area contributed by atoms with Crippen molar-refractivity contribution in [2.75, 3.05) is 11.9 Å². The molecule has 0 fully saturated rings. The lowest BCUT2D eigenvalue weighted by atomic mass is 9.95. The van der Waals surface area contributed by atoms with Gasteiger partial charge in [0.25, 0.3) is 5.91 Å². The smallest absolute Gasteiger partial charge is 0.341 e. The summed E-state index contributed by atoms with van der Waals surface area (Å²) in [6.07, 6.45) is 3.96. The van der Waals surface area contributed by atoms with Crippen LogP contribution < -0.4 is 5.32 Å². The van der Waals surface area contributed by atoms with E-state index >= 15 is 0 Å². The van der Waals surface area contributed by atoms with E-state index in [1.165, 1.54) is 27.6 Å². The van der Waals surface area contributed by atoms with Crippen LogP contribution >= 0.6 is 22.7 Å². The number of fused-ring (bicyclic) bond motifs is 1. The lowest BCUT2D eigenvalue weighted by molar-refractivity contribution is 0.0526. The van der Waals surface area contributed by atoms with Crippen molar-refractivity contribution in [3.63, 3.8) is 0 Å². The van der Waals surface area contributed by atoms with E-state index < -0.39 is 0 Å². The van der Waals surface area contributed by atoms with Gasteiger partial charge in [-0.3, -0.25) is 4.79 Å². The van der Waals surface area contributed by atoms with Crippen LogP contribution in [0.4, 0.5) is 5.00 Å². The Labute approximate surface area is 177 Å². The zero-order valence-corrected chi connectivity index (χ0v) is 18.0. The molecule has 0 atom stereocenters. The van der Waals surface area contributed by atoms with E-state index in [9.17, 15) is 9.59 Å². The van der Waals surface area contributed by atoms with E-state index in [0.717, 1.165) is 41.8 Å². The molecule has 29 heavy (non-hydrogen) atoms. The van der Waals surface area contributed by atoms with Gasteiger partial charge in [-0.1, -0.05) is 30.3 Å². The third-order valence-corrected chi connectivity index (χ3v) is 7.31. The molecule has 2 aromatic heterocycles. The second-order valence-corrected chi connectivity index (χ2v) is 8.99. The SMILES string of the molecule is CCOC(=O)c1c(NC(=O)c2sc(-c3ccccc3)nc2C)sc2c1CCCC2. The first-order chi connectivity index (χ1) is 14.1. The molecule has 1 aliphatic rings. The van der Waals surface area contributed by atoms with Crippen LogP contribution in [0.3, 0.4) is 0 Å². The highest BCUT2D eigenvalue weighted by atomic mass is 32.1. The molecule has 2 heterocycles. The zero-order chi connectivity index (χ0) is 20.4. The van der Waals surface area contributed by atoms with E-state index in [4.69, 9.17) is 4.74 Å². The molecule has 1 N–H and O–H groups in total. The number of benzene rings is 1. The number of rotatable bonds is 5. The molecule has 5 nitrogen and oxygen atoms in total. The summed E-state index contributed by atoms with van der Waals surface area (Å²) in [6, 6.07) is 9.81. The van der Waals surface area contributed by atoms with Crippen LogP contribution in [0.2, 0.25) is 0 Å². The molecule has 150 valence electrons. The Bertz CT molecular complexity index is 1050. The highest BCUT2D eigenvalue weighted by Crippen LogP contribution is 2.39. The Kier molecular flexibility index (Phi) is 5.78. The van der Waals surface area contributed by atoms with Crippen LogP contribution in [0.15, 0.2) is 30.3 Å². The number of hydrogen-bond donors (Lipinski definition) is 1. The maximum absolute atomic E-state index is 13.0. The summed E-state index contributed by atoms with van der Waals surface area (Å²) < 4.78 is 5.27. The molecule has 0 spiro atoms. The summed E-state index contributed by atoms with van der Waals surface area (Å²) in [5.41, 5.74) is 3.25. The summed E-state index contributed by atoms with van der Waals surface area (Å²) in [5.74, 6) is -0.584. The van der Waals surface area contributed by atoms with Gasteiger partial charge < -0.3 is 10.1 Å². The van der Waals surface area contributed by atoms with Crippen LogP contribution in [-0.2, 0) is 17.6 Å². The third-order valence-electron chi connectivity index (χ3n) is 4.90. The van der Waals surface area contributed by atoms with Gasteiger partial charge in [0.05, 0.1) is 17.9 Å². The molecule has 3 aromatic rings. The molecular formula is C22H22N2O3S2. The summed E-state index contributed by atoms with van der Waals surface area (Å²) in [6.45, 7) is 3.94. The van der Waals surface area contributed by atoms with Gasteiger partial charge in [0.15, 0.2) is 0 Å². The van der Waals surface area contributed by atoms with Crippen molar-refractivity contribution in [1.29, 1.82) is 0 Å². The summed E-state index contributed by atoms with van der Waals surface area (Å²) >= 11 is 2.86. The number of aryl methyl sites for hydroxylation is 2. The van der Waals surface area contributed by atoms with Crippen LogP contribution in [0.25, 0.3) is 10.6 Å². The van der Waals surface area contributed by atoms with E-state index in [2.05, 4.69) is 10.3 Å². The molecule has 0 saturated heterocycles. The standard InChI is InChI=1S/C22H22N2O3S2/c1-3-27-22(26)17-15-11-7-8-12-16(15)28-21(17)24-19(25)18-13(2)23-20(29-18)14-9-5-4-6-10-14/h4-6,9-10H,3,7-8,11-12H2,1-2H3,(H,24,25). The maximum atomic E-state index is 13.0. The fourth-order valence-electron chi connectivity index (χ4n) is 3.54. The number of carbonyl (C=O) groups excluding carboxylic acids is 2. The largest absolute Gasteiger partial charge is 0.462 e. The lowest BCUT2D eigenvalue weighted by Gasteiger charge is -2.12. The first-order valence-electron chi connectivity index (χ1n) is 9.74. The number of hydrogen-bond acceptors (Lipinski definition) is 6. The van der Waals surface area contributed by atoms with Crippen molar-refractivity contribution in [3.05, 3.63) is 56.9 Å². The molecule has 7 heteroatoms. The average Bonchev–Trinajstić information content (AvgIpc) is 3.29. The molecule has 0 saturated carbocycles. The quantitative estimate of drug-likeness (QED) is 0.548. The second-order valence-electron chi connectivity index (χ2n) is 6.89. The van der Waals surface area contributed by atoms with E-state index in [0.29, 0.717) is 27.7 Å². The van der Waals surface area contributed by atoms with Gasteiger partial charge in [-0.05, 0) is 45.1 Å². The fraction of sp³-hybridized carbons (Fsp3) is 0.318. The zero-order valence-electron chi connectivity index (χ0n) is 16.4. The number of amides is 1. The van der Waals surface area contributed by atoms with Crippen molar-refractivity contribution in [3.8, 4) is 10.6 Å². The number of anilines is 1. The van der Waals surface area contributed by atoms with E-state index in [1.807, 2.05) is 37.3 Å². The molecule has 0 aliphatic heterocycles. The van der Waals surface area contributed by atoms with Crippen LogP contribution in [0.5, 0.6) is 0 Å². The number of carbonyl (C=O) groups is 2. The second kappa shape index (κ2) is 8.47. The molecule has 1 aliphatic carbocycles. The highest BCUT2D eigenvalue weighted by molar-refractivity contribution is 7.18. The van der Waals surface area contributed by atoms with Gasteiger partial charge >= 0.3 is 5.97 Å². The number of nitrogens with one attached hydrogen (secondary N) is 1. The van der Waals surface area contributed by atoms with Crippen LogP contribution in [-0.4, -0.2) is 23.5 Å². The summed E-state index contributed by atoms with van der Waals surface area (Å²) in [7, 11) is 0. The van der Waals surface area contributed by atoms with Crippen LogP contribution in [0.1, 0.15) is 55.9 Å². The highest BCUT2D eigenvalue weighted by Gasteiger charge is 2.28. The predicted octanol–water partition coefficient (Wildman–Crippen LogP) is 5.49. The van der Waals surface area contributed by atoms with Crippen molar-refractivity contribution < 1.29 is 14.3 Å². The minimum absolute atomic E-state index is 0.230. The maximum Gasteiger partial charge on any atom is 0.341 e. The number of aromatic nitrogens is 1. The van der Waals surface area contributed by atoms with E-state index in [1.54, 1.807) is 6.92 Å². The predicted molar refractivity (Wildman–Crippen MR) is 117 cm³/mol. The number of nitrogens with zero attached hydrogens (tertiary/aromatic N) is 1. The van der Waals surface area contributed by atoms with Crippen molar-refractivity contribution in [1.82, 2.24) is 4.98 Å². The van der Waals surface area contributed by atoms with Gasteiger partial charge in [-0.2, -0.15) is 0 Å². The number of ether oxygens (including phenoxy) is 1.